The highest BCUT2D eigenvalue weighted by Gasteiger charge is 2.29. The third-order valence-corrected chi connectivity index (χ3v) is 3.64. The molecule has 0 saturated heterocycles. The fourth-order valence-electron chi connectivity index (χ4n) is 2.54. The quantitative estimate of drug-likeness (QED) is 0.782. The molecule has 1 aliphatic rings. The van der Waals surface area contributed by atoms with E-state index in [4.69, 9.17) is 9.47 Å². The Hall–Kier alpha value is -2.29. The topological polar surface area (TPSA) is 35.5 Å². The zero-order valence-corrected chi connectivity index (χ0v) is 11.6. The van der Waals surface area contributed by atoms with E-state index in [1.165, 1.54) is 5.56 Å². The zero-order chi connectivity index (χ0) is 14.1. The Morgan fingerprint density at radius 3 is 2.60 bits per heavy atom. The number of carbonyl (C=O) groups excluding carboxylic acids is 1. The summed E-state index contributed by atoms with van der Waals surface area (Å²) in [5.74, 6) is 0.268. The van der Waals surface area contributed by atoms with Crippen LogP contribution in [0.1, 0.15) is 33.2 Å². The number of fused-ring (bicyclic) bond motifs is 1. The third kappa shape index (κ3) is 2.16. The molecular formula is C17H16O3. The van der Waals surface area contributed by atoms with Crippen molar-refractivity contribution in [3.63, 3.8) is 0 Å². The second-order valence-corrected chi connectivity index (χ2v) is 5.00. The first-order chi connectivity index (χ1) is 9.69. The van der Waals surface area contributed by atoms with Crippen LogP contribution in [0.25, 0.3) is 0 Å². The van der Waals surface area contributed by atoms with Crippen molar-refractivity contribution in [2.24, 2.45) is 0 Å². The highest BCUT2D eigenvalue weighted by molar-refractivity contribution is 5.95. The number of esters is 1. The summed E-state index contributed by atoms with van der Waals surface area (Å²) in [7, 11) is 1.56. The van der Waals surface area contributed by atoms with Gasteiger partial charge in [-0.3, -0.25) is 0 Å². The van der Waals surface area contributed by atoms with Gasteiger partial charge in [-0.1, -0.05) is 42.0 Å². The molecule has 0 spiro atoms. The van der Waals surface area contributed by atoms with Gasteiger partial charge in [-0.05, 0) is 24.1 Å². The van der Waals surface area contributed by atoms with E-state index in [2.05, 4.69) is 0 Å². The van der Waals surface area contributed by atoms with Gasteiger partial charge < -0.3 is 9.47 Å². The third-order valence-electron chi connectivity index (χ3n) is 3.64. The smallest absolute Gasteiger partial charge is 0.342 e. The van der Waals surface area contributed by atoms with Gasteiger partial charge in [-0.15, -0.1) is 0 Å². The lowest BCUT2D eigenvalue weighted by Crippen LogP contribution is -2.22. The molecular weight excluding hydrogens is 252 g/mol. The van der Waals surface area contributed by atoms with E-state index in [1.54, 1.807) is 13.2 Å². The van der Waals surface area contributed by atoms with Crippen molar-refractivity contribution in [3.8, 4) is 5.75 Å². The predicted molar refractivity (Wildman–Crippen MR) is 76.0 cm³/mol. The Kier molecular flexibility index (Phi) is 3.18. The van der Waals surface area contributed by atoms with Gasteiger partial charge in [0.25, 0.3) is 0 Å². The van der Waals surface area contributed by atoms with Gasteiger partial charge in [0, 0.05) is 6.42 Å². The predicted octanol–water partition coefficient (Wildman–Crippen LogP) is 3.46. The molecule has 2 aromatic rings. The summed E-state index contributed by atoms with van der Waals surface area (Å²) in [6.07, 6.45) is 0.462. The first-order valence-corrected chi connectivity index (χ1v) is 6.62. The van der Waals surface area contributed by atoms with Gasteiger partial charge in [0.05, 0.1) is 7.11 Å². The SMILES string of the molecule is COc1cccc2c1C(=O)O[C@H](c1ccc(C)cc1)C2. The summed E-state index contributed by atoms with van der Waals surface area (Å²) in [4.78, 5) is 12.2. The number of cyclic esters (lactones) is 1. The molecule has 20 heavy (non-hydrogen) atoms. The van der Waals surface area contributed by atoms with Gasteiger partial charge >= 0.3 is 5.97 Å². The van der Waals surface area contributed by atoms with Gasteiger partial charge in [0.1, 0.15) is 17.4 Å². The second kappa shape index (κ2) is 5.00. The Labute approximate surface area is 118 Å². The molecule has 0 amide bonds. The largest absolute Gasteiger partial charge is 0.496 e. The Balaban J connectivity index is 1.97. The number of hydrogen-bond acceptors (Lipinski definition) is 3. The summed E-state index contributed by atoms with van der Waals surface area (Å²) >= 11 is 0. The number of rotatable bonds is 2. The van der Waals surface area contributed by atoms with Gasteiger partial charge in [-0.2, -0.15) is 0 Å². The van der Waals surface area contributed by atoms with Crippen molar-refractivity contribution in [3.05, 3.63) is 64.7 Å². The fourth-order valence-corrected chi connectivity index (χ4v) is 2.54. The van der Waals surface area contributed by atoms with Crippen molar-refractivity contribution >= 4 is 5.97 Å². The molecule has 1 atom stereocenters. The molecule has 3 heteroatoms. The fraction of sp³-hybridized carbons (Fsp3) is 0.235. The van der Waals surface area contributed by atoms with Gasteiger partial charge in [0.15, 0.2) is 0 Å². The van der Waals surface area contributed by atoms with Crippen LogP contribution in [0, 0.1) is 6.92 Å². The minimum Gasteiger partial charge on any atom is -0.496 e. The van der Waals surface area contributed by atoms with Crippen molar-refractivity contribution in [2.75, 3.05) is 7.11 Å². The summed E-state index contributed by atoms with van der Waals surface area (Å²) < 4.78 is 10.8. The molecule has 3 rings (SSSR count). The minimum atomic E-state index is -0.311. The molecule has 0 unspecified atom stereocenters. The first kappa shape index (κ1) is 12.7. The summed E-state index contributed by atoms with van der Waals surface area (Å²) in [5.41, 5.74) is 3.75. The highest BCUT2D eigenvalue weighted by Crippen LogP contribution is 2.34. The number of carbonyl (C=O) groups is 1. The molecule has 1 heterocycles. The maximum absolute atomic E-state index is 12.2. The number of ether oxygens (including phenoxy) is 2. The molecule has 2 aromatic carbocycles. The van der Waals surface area contributed by atoms with E-state index in [9.17, 15) is 4.79 Å². The lowest BCUT2D eigenvalue weighted by Gasteiger charge is -2.26. The number of hydrogen-bond donors (Lipinski definition) is 0. The van der Waals surface area contributed by atoms with Crippen LogP contribution in [-0.2, 0) is 11.2 Å². The lowest BCUT2D eigenvalue weighted by molar-refractivity contribution is 0.0248. The van der Waals surface area contributed by atoms with Crippen LogP contribution in [0.15, 0.2) is 42.5 Å². The maximum atomic E-state index is 12.2. The van der Waals surface area contributed by atoms with E-state index in [0.717, 1.165) is 11.1 Å². The molecule has 0 saturated carbocycles. The van der Waals surface area contributed by atoms with Gasteiger partial charge in [-0.25, -0.2) is 4.79 Å². The maximum Gasteiger partial charge on any atom is 0.342 e. The minimum absolute atomic E-state index is 0.220. The normalized spacial score (nSPS) is 17.3. The average Bonchev–Trinajstić information content (AvgIpc) is 2.47. The molecule has 102 valence electrons. The molecule has 0 radical (unpaired) electrons. The number of benzene rings is 2. The standard InChI is InChI=1S/C17H16O3/c1-11-6-8-12(9-7-11)15-10-13-4-3-5-14(19-2)16(13)17(18)20-15/h3-9,15H,10H2,1-2H3/t15-/m0/s1. The van der Waals surface area contributed by atoms with Crippen LogP contribution in [0.3, 0.4) is 0 Å². The Bertz CT molecular complexity index is 644. The second-order valence-electron chi connectivity index (χ2n) is 5.00. The number of aryl methyl sites for hydroxylation is 1. The molecule has 0 N–H and O–H groups in total. The average molecular weight is 268 g/mol. The zero-order valence-electron chi connectivity index (χ0n) is 11.6. The van der Waals surface area contributed by atoms with Crippen LogP contribution in [-0.4, -0.2) is 13.1 Å². The Morgan fingerprint density at radius 1 is 1.15 bits per heavy atom. The van der Waals surface area contributed by atoms with Crippen molar-refractivity contribution < 1.29 is 14.3 Å². The van der Waals surface area contributed by atoms with Crippen molar-refractivity contribution in [2.45, 2.75) is 19.4 Å². The summed E-state index contributed by atoms with van der Waals surface area (Å²) in [6.45, 7) is 2.04. The monoisotopic (exact) mass is 268 g/mol. The Morgan fingerprint density at radius 2 is 1.90 bits per heavy atom. The van der Waals surface area contributed by atoms with E-state index >= 15 is 0 Å². The number of methoxy groups -OCH3 is 1. The van der Waals surface area contributed by atoms with E-state index in [0.29, 0.717) is 17.7 Å². The molecule has 0 fully saturated rings. The van der Waals surface area contributed by atoms with Crippen LogP contribution >= 0.6 is 0 Å². The highest BCUT2D eigenvalue weighted by atomic mass is 16.5. The van der Waals surface area contributed by atoms with E-state index in [-0.39, 0.29) is 12.1 Å². The van der Waals surface area contributed by atoms with E-state index in [1.807, 2.05) is 43.3 Å². The molecule has 3 nitrogen and oxygen atoms in total. The van der Waals surface area contributed by atoms with Crippen LogP contribution in [0.5, 0.6) is 5.75 Å². The summed E-state index contributed by atoms with van der Waals surface area (Å²) in [6, 6.07) is 13.7. The molecule has 0 bridgehead atoms. The molecule has 0 aromatic heterocycles. The molecule has 1 aliphatic heterocycles. The van der Waals surface area contributed by atoms with Crippen LogP contribution in [0.4, 0.5) is 0 Å². The van der Waals surface area contributed by atoms with Crippen molar-refractivity contribution in [1.29, 1.82) is 0 Å². The molecule has 0 aliphatic carbocycles. The van der Waals surface area contributed by atoms with Crippen LogP contribution < -0.4 is 4.74 Å². The van der Waals surface area contributed by atoms with Crippen LogP contribution in [0.2, 0.25) is 0 Å². The first-order valence-electron chi connectivity index (χ1n) is 6.62. The van der Waals surface area contributed by atoms with Crippen molar-refractivity contribution in [1.82, 2.24) is 0 Å². The summed E-state index contributed by atoms with van der Waals surface area (Å²) in [5, 5.41) is 0. The van der Waals surface area contributed by atoms with E-state index < -0.39 is 0 Å². The van der Waals surface area contributed by atoms with Gasteiger partial charge in [0.2, 0.25) is 0 Å². The lowest BCUT2D eigenvalue weighted by atomic mass is 9.94.